The number of hydrogen-bond acceptors (Lipinski definition) is 6. The van der Waals surface area contributed by atoms with Gasteiger partial charge in [-0.2, -0.15) is 0 Å². The maximum atomic E-state index is 12.9. The third-order valence-electron chi connectivity index (χ3n) is 6.53. The second-order valence-electron chi connectivity index (χ2n) is 9.39. The molecule has 2 aliphatic rings. The van der Waals surface area contributed by atoms with Gasteiger partial charge in [-0.05, 0) is 63.8 Å². The number of carbonyl (C=O) groups excluding carboxylic acids is 1. The summed E-state index contributed by atoms with van der Waals surface area (Å²) in [5, 5.41) is 12.0. The topological polar surface area (TPSA) is 78.7 Å². The number of hydrogen-bond donors (Lipinski definition) is 1. The number of anilines is 1. The Balaban J connectivity index is 1.43. The lowest BCUT2D eigenvalue weighted by Gasteiger charge is -2.42. The number of carbonyl (C=O) groups is 1. The van der Waals surface area contributed by atoms with Gasteiger partial charge in [-0.15, -0.1) is 10.2 Å². The first-order chi connectivity index (χ1) is 15.5. The van der Waals surface area contributed by atoms with E-state index in [0.29, 0.717) is 11.6 Å². The van der Waals surface area contributed by atoms with Crippen molar-refractivity contribution in [3.05, 3.63) is 53.7 Å². The summed E-state index contributed by atoms with van der Waals surface area (Å²) in [5.74, 6) is 1.61. The highest BCUT2D eigenvalue weighted by atomic mass is 16.1. The molecule has 32 heavy (non-hydrogen) atoms. The molecule has 1 aliphatic heterocycles. The number of aromatic nitrogens is 4. The monoisotopic (exact) mass is 433 g/mol. The first kappa shape index (κ1) is 21.0. The number of aryl methyl sites for hydroxylation is 1. The van der Waals surface area contributed by atoms with E-state index < -0.39 is 0 Å². The average Bonchev–Trinajstić information content (AvgIpc) is 3.48. The Morgan fingerprint density at radius 2 is 2.03 bits per heavy atom. The van der Waals surface area contributed by atoms with Crippen molar-refractivity contribution in [3.8, 4) is 0 Å². The van der Waals surface area contributed by atoms with Crippen molar-refractivity contribution in [1.29, 1.82) is 0 Å². The Labute approximate surface area is 188 Å². The summed E-state index contributed by atoms with van der Waals surface area (Å²) in [5.41, 5.74) is 2.94. The number of nitrogens with zero attached hydrogens (tertiary/aromatic N) is 6. The van der Waals surface area contributed by atoms with Gasteiger partial charge >= 0.3 is 0 Å². The molecule has 1 N–H and O–H groups in total. The molecule has 8 heteroatoms. The van der Waals surface area contributed by atoms with Crippen molar-refractivity contribution >= 4 is 17.2 Å². The van der Waals surface area contributed by atoms with Crippen LogP contribution in [0.25, 0.3) is 5.65 Å². The zero-order valence-corrected chi connectivity index (χ0v) is 19.0. The lowest BCUT2D eigenvalue weighted by Crippen LogP contribution is -2.51. The summed E-state index contributed by atoms with van der Waals surface area (Å²) in [4.78, 5) is 22.2. The Kier molecular flexibility index (Phi) is 5.65. The van der Waals surface area contributed by atoms with Crippen LogP contribution in [0.2, 0.25) is 0 Å². The van der Waals surface area contributed by atoms with E-state index in [1.807, 2.05) is 29.7 Å². The van der Waals surface area contributed by atoms with Crippen LogP contribution in [-0.2, 0) is 0 Å². The van der Waals surface area contributed by atoms with E-state index in [4.69, 9.17) is 0 Å². The molecule has 5 rings (SSSR count). The molecule has 0 radical (unpaired) electrons. The van der Waals surface area contributed by atoms with Crippen LogP contribution in [0.4, 0.5) is 5.69 Å². The van der Waals surface area contributed by atoms with Gasteiger partial charge in [0.25, 0.3) is 5.91 Å². The molecule has 3 aromatic heterocycles. The highest BCUT2D eigenvalue weighted by Crippen LogP contribution is 2.33. The van der Waals surface area contributed by atoms with Crippen LogP contribution in [0, 0.1) is 12.8 Å². The largest absolute Gasteiger partial charge is 0.322 e. The van der Waals surface area contributed by atoms with Crippen LogP contribution in [-0.4, -0.2) is 67.5 Å². The average molecular weight is 434 g/mol. The molecule has 1 saturated carbocycles. The smallest absolute Gasteiger partial charge is 0.257 e. The maximum Gasteiger partial charge on any atom is 0.257 e. The SMILES string of the molecule is Cc1cc(NC(=O)c2ccc3nnc(C4CN(CC5CC5)CCN4C(C)C)n3c2)ccn1. The molecule has 1 amide bonds. The quantitative estimate of drug-likeness (QED) is 0.643. The van der Waals surface area contributed by atoms with E-state index >= 15 is 0 Å². The molecule has 1 unspecified atom stereocenters. The molecule has 0 spiro atoms. The maximum absolute atomic E-state index is 12.9. The molecular weight excluding hydrogens is 402 g/mol. The number of rotatable bonds is 6. The van der Waals surface area contributed by atoms with Crippen LogP contribution >= 0.6 is 0 Å². The summed E-state index contributed by atoms with van der Waals surface area (Å²) < 4.78 is 1.99. The van der Waals surface area contributed by atoms with Crippen molar-refractivity contribution in [2.75, 3.05) is 31.5 Å². The van der Waals surface area contributed by atoms with Crippen molar-refractivity contribution in [2.24, 2.45) is 5.92 Å². The Hall–Kier alpha value is -2.84. The Morgan fingerprint density at radius 1 is 1.19 bits per heavy atom. The fourth-order valence-electron chi connectivity index (χ4n) is 4.63. The molecule has 3 aromatic rings. The third-order valence-corrected chi connectivity index (χ3v) is 6.53. The van der Waals surface area contributed by atoms with Gasteiger partial charge < -0.3 is 5.32 Å². The van der Waals surface area contributed by atoms with Gasteiger partial charge in [0.05, 0.1) is 11.6 Å². The molecule has 2 fully saturated rings. The summed E-state index contributed by atoms with van der Waals surface area (Å²) in [7, 11) is 0. The molecular formula is C24H31N7O. The van der Waals surface area contributed by atoms with Crippen molar-refractivity contribution in [3.63, 3.8) is 0 Å². The first-order valence-electron chi connectivity index (χ1n) is 11.5. The molecule has 1 aliphatic carbocycles. The molecule has 1 atom stereocenters. The summed E-state index contributed by atoms with van der Waals surface area (Å²) in [6.45, 7) is 10.6. The van der Waals surface area contributed by atoms with E-state index in [1.54, 1.807) is 18.3 Å². The number of fused-ring (bicyclic) bond motifs is 1. The van der Waals surface area contributed by atoms with Gasteiger partial charge in [-0.25, -0.2) is 0 Å². The van der Waals surface area contributed by atoms with Crippen LogP contribution in [0.15, 0.2) is 36.7 Å². The molecule has 0 aromatic carbocycles. The van der Waals surface area contributed by atoms with Crippen molar-refractivity contribution in [1.82, 2.24) is 29.4 Å². The fraction of sp³-hybridized carbons (Fsp3) is 0.500. The first-order valence-corrected chi connectivity index (χ1v) is 11.5. The zero-order chi connectivity index (χ0) is 22.2. The lowest BCUT2D eigenvalue weighted by atomic mass is 10.1. The van der Waals surface area contributed by atoms with E-state index in [-0.39, 0.29) is 11.9 Å². The summed E-state index contributed by atoms with van der Waals surface area (Å²) in [6.07, 6.45) is 6.28. The summed E-state index contributed by atoms with van der Waals surface area (Å²) >= 11 is 0. The van der Waals surface area contributed by atoms with Crippen molar-refractivity contribution < 1.29 is 4.79 Å². The molecule has 0 bridgehead atoms. The van der Waals surface area contributed by atoms with Gasteiger partial charge in [0.15, 0.2) is 11.5 Å². The van der Waals surface area contributed by atoms with E-state index in [9.17, 15) is 4.79 Å². The van der Waals surface area contributed by atoms with Crippen LogP contribution in [0.1, 0.15) is 54.6 Å². The van der Waals surface area contributed by atoms with E-state index in [1.165, 1.54) is 19.4 Å². The number of nitrogens with one attached hydrogen (secondary N) is 1. The minimum atomic E-state index is -0.156. The van der Waals surface area contributed by atoms with Crippen LogP contribution < -0.4 is 5.32 Å². The highest BCUT2D eigenvalue weighted by Gasteiger charge is 2.35. The Morgan fingerprint density at radius 3 is 2.78 bits per heavy atom. The molecule has 8 nitrogen and oxygen atoms in total. The molecule has 168 valence electrons. The highest BCUT2D eigenvalue weighted by molar-refractivity contribution is 6.04. The summed E-state index contributed by atoms with van der Waals surface area (Å²) in [6, 6.07) is 7.89. The standard InChI is InChI=1S/C24H31N7O/c1-16(2)30-11-10-29(13-18-4-5-18)15-21(30)23-28-27-22-7-6-19(14-31(22)23)24(32)26-20-8-9-25-17(3)12-20/h6-9,12,14,16,18,21H,4-5,10-11,13,15H2,1-3H3,(H,25,26,32). The van der Waals surface area contributed by atoms with E-state index in [0.717, 1.165) is 48.4 Å². The molecule has 4 heterocycles. The minimum absolute atomic E-state index is 0.152. The fourth-order valence-corrected chi connectivity index (χ4v) is 4.63. The van der Waals surface area contributed by atoms with Gasteiger partial charge in [0.1, 0.15) is 0 Å². The second-order valence-corrected chi connectivity index (χ2v) is 9.39. The van der Waals surface area contributed by atoms with Gasteiger partial charge in [-0.1, -0.05) is 0 Å². The van der Waals surface area contributed by atoms with E-state index in [2.05, 4.69) is 44.1 Å². The normalized spacial score (nSPS) is 20.2. The predicted octanol–water partition coefficient (Wildman–Crippen LogP) is 3.16. The van der Waals surface area contributed by atoms with Gasteiger partial charge in [0.2, 0.25) is 0 Å². The molecule has 1 saturated heterocycles. The van der Waals surface area contributed by atoms with Gasteiger partial charge in [-0.3, -0.25) is 24.0 Å². The lowest BCUT2D eigenvalue weighted by molar-refractivity contribution is 0.0437. The Bertz CT molecular complexity index is 1120. The zero-order valence-electron chi connectivity index (χ0n) is 19.0. The van der Waals surface area contributed by atoms with Crippen LogP contribution in [0.5, 0.6) is 0 Å². The van der Waals surface area contributed by atoms with Crippen molar-refractivity contribution in [2.45, 2.75) is 45.7 Å². The number of pyridine rings is 2. The number of amides is 1. The predicted molar refractivity (Wildman–Crippen MR) is 124 cm³/mol. The number of piperazine rings is 1. The van der Waals surface area contributed by atoms with Gasteiger partial charge in [0, 0.05) is 56.0 Å². The van der Waals surface area contributed by atoms with Crippen LogP contribution in [0.3, 0.4) is 0 Å². The third kappa shape index (κ3) is 4.38. The second kappa shape index (κ2) is 8.60. The minimum Gasteiger partial charge on any atom is -0.322 e.